The van der Waals surface area contributed by atoms with Crippen molar-refractivity contribution in [1.82, 2.24) is 10.3 Å². The van der Waals surface area contributed by atoms with Gasteiger partial charge in [0, 0.05) is 12.2 Å². The number of hydrogen-bond acceptors (Lipinski definition) is 3. The Morgan fingerprint density at radius 1 is 1.04 bits per heavy atom. The van der Waals surface area contributed by atoms with Crippen LogP contribution in [0.25, 0.3) is 0 Å². The molecule has 3 aromatic rings. The number of hydrogen-bond donors (Lipinski definition) is 2. The van der Waals surface area contributed by atoms with Gasteiger partial charge in [0.15, 0.2) is 5.11 Å². The number of benzene rings is 2. The third-order valence-corrected chi connectivity index (χ3v) is 5.26. The highest BCUT2D eigenvalue weighted by molar-refractivity contribution is 7.80. The largest absolute Gasteiger partial charge is 0.356 e. The molecule has 0 radical (unpaired) electrons. The molecule has 1 aromatic heterocycles. The summed E-state index contributed by atoms with van der Waals surface area (Å²) in [5.41, 5.74) is 4.73. The number of nitrogens with one attached hydrogen (secondary N) is 2. The minimum Gasteiger partial charge on any atom is -0.356 e. The Kier molecular flexibility index (Phi) is 5.53. The maximum absolute atomic E-state index is 5.46. The van der Waals surface area contributed by atoms with E-state index in [0.717, 1.165) is 30.9 Å². The third-order valence-electron chi connectivity index (χ3n) is 5.04. The molecule has 0 unspecified atom stereocenters. The molecule has 0 saturated carbocycles. The van der Waals surface area contributed by atoms with Crippen LogP contribution >= 0.6 is 12.2 Å². The van der Waals surface area contributed by atoms with E-state index in [1.54, 1.807) is 0 Å². The zero-order valence-electron chi connectivity index (χ0n) is 15.9. The van der Waals surface area contributed by atoms with Gasteiger partial charge >= 0.3 is 0 Å². The van der Waals surface area contributed by atoms with E-state index < -0.39 is 0 Å². The number of pyridine rings is 1. The minimum atomic E-state index is 0.137. The second kappa shape index (κ2) is 8.40. The lowest BCUT2D eigenvalue weighted by Crippen LogP contribution is -2.31. The smallest absolute Gasteiger partial charge is 0.171 e. The van der Waals surface area contributed by atoms with Gasteiger partial charge in [0.1, 0.15) is 5.82 Å². The highest BCUT2D eigenvalue weighted by Crippen LogP contribution is 2.32. The van der Waals surface area contributed by atoms with Crippen molar-refractivity contribution in [3.63, 3.8) is 0 Å². The Bertz CT molecular complexity index is 940. The van der Waals surface area contributed by atoms with Gasteiger partial charge in [-0.2, -0.15) is 0 Å². The first kappa shape index (κ1) is 18.4. The molecule has 1 atom stereocenters. The molecule has 2 N–H and O–H groups in total. The summed E-state index contributed by atoms with van der Waals surface area (Å²) in [4.78, 5) is 6.96. The van der Waals surface area contributed by atoms with Gasteiger partial charge in [0.2, 0.25) is 0 Å². The van der Waals surface area contributed by atoms with Gasteiger partial charge in [-0.05, 0) is 61.3 Å². The van der Waals surface area contributed by atoms with Gasteiger partial charge in [-0.1, -0.05) is 48.5 Å². The summed E-state index contributed by atoms with van der Waals surface area (Å²) in [5.74, 6) is 0.967. The summed E-state index contributed by atoms with van der Waals surface area (Å²) >= 11 is 5.46. The van der Waals surface area contributed by atoms with E-state index in [0.29, 0.717) is 5.11 Å². The molecular formula is C23H24N4S. The first-order valence-electron chi connectivity index (χ1n) is 9.65. The quantitative estimate of drug-likeness (QED) is 0.600. The fraction of sp³-hybridized carbons (Fsp3) is 0.217. The molecule has 0 saturated heterocycles. The third kappa shape index (κ3) is 4.15. The van der Waals surface area contributed by atoms with Crippen molar-refractivity contribution in [2.24, 2.45) is 0 Å². The summed E-state index contributed by atoms with van der Waals surface area (Å²) in [5, 5.41) is 7.14. The van der Waals surface area contributed by atoms with Gasteiger partial charge in [-0.3, -0.25) is 0 Å². The van der Waals surface area contributed by atoms with E-state index in [1.807, 2.05) is 36.5 Å². The predicted octanol–water partition coefficient (Wildman–Crippen LogP) is 5.21. The summed E-state index contributed by atoms with van der Waals surface area (Å²) in [6.45, 7) is 3.09. The van der Waals surface area contributed by atoms with Crippen LogP contribution in [0.15, 0.2) is 72.9 Å². The number of anilines is 3. The number of para-hydroxylation sites is 1. The van der Waals surface area contributed by atoms with Crippen molar-refractivity contribution >= 4 is 34.5 Å². The Morgan fingerprint density at radius 3 is 2.61 bits per heavy atom. The highest BCUT2D eigenvalue weighted by Gasteiger charge is 2.18. The van der Waals surface area contributed by atoms with Gasteiger partial charge in [-0.15, -0.1) is 0 Å². The van der Waals surface area contributed by atoms with E-state index in [2.05, 4.69) is 63.8 Å². The van der Waals surface area contributed by atoms with Crippen molar-refractivity contribution in [3.8, 4) is 0 Å². The number of aromatic nitrogens is 1. The first-order valence-corrected chi connectivity index (χ1v) is 10.1. The Balaban J connectivity index is 1.41. The molecule has 2 aromatic carbocycles. The Hall–Kier alpha value is -2.92. The lowest BCUT2D eigenvalue weighted by Gasteiger charge is -2.30. The van der Waals surface area contributed by atoms with E-state index in [-0.39, 0.29) is 6.04 Å². The number of thiocarbonyl (C=S) groups is 1. The number of rotatable bonds is 4. The maximum atomic E-state index is 5.46. The van der Waals surface area contributed by atoms with Crippen LogP contribution in [0.3, 0.4) is 0 Å². The first-order chi connectivity index (χ1) is 13.7. The van der Waals surface area contributed by atoms with E-state index in [9.17, 15) is 0 Å². The molecule has 0 aliphatic carbocycles. The van der Waals surface area contributed by atoms with Crippen molar-refractivity contribution in [2.45, 2.75) is 25.8 Å². The molecule has 0 amide bonds. The Labute approximate surface area is 171 Å². The standard InChI is InChI=1S/C23H24N4S/c1-17(18-8-3-2-4-9-18)25-23(28)26-20-13-14-22(24-16-20)27-15-7-11-19-10-5-6-12-21(19)27/h2-6,8-10,12-14,16-17H,7,11,15H2,1H3,(H2,25,26,28)/t17-/m0/s1. The summed E-state index contributed by atoms with van der Waals surface area (Å²) in [6.07, 6.45) is 4.11. The van der Waals surface area contributed by atoms with Crippen molar-refractivity contribution < 1.29 is 0 Å². The van der Waals surface area contributed by atoms with Gasteiger partial charge in [0.05, 0.1) is 17.9 Å². The van der Waals surface area contributed by atoms with Crippen LogP contribution in [-0.2, 0) is 6.42 Å². The van der Waals surface area contributed by atoms with Crippen molar-refractivity contribution in [2.75, 3.05) is 16.8 Å². The molecule has 1 aliphatic heterocycles. The van der Waals surface area contributed by atoms with Crippen molar-refractivity contribution in [3.05, 3.63) is 84.1 Å². The van der Waals surface area contributed by atoms with E-state index >= 15 is 0 Å². The lowest BCUT2D eigenvalue weighted by molar-refractivity contribution is 0.722. The van der Waals surface area contributed by atoms with E-state index in [1.165, 1.54) is 16.8 Å². The molecule has 4 nitrogen and oxygen atoms in total. The van der Waals surface area contributed by atoms with Crippen LogP contribution in [0.5, 0.6) is 0 Å². The van der Waals surface area contributed by atoms with Crippen LogP contribution in [0.4, 0.5) is 17.2 Å². The fourth-order valence-corrected chi connectivity index (χ4v) is 3.87. The average Bonchev–Trinajstić information content (AvgIpc) is 2.74. The molecule has 0 fully saturated rings. The van der Waals surface area contributed by atoms with Gasteiger partial charge in [-0.25, -0.2) is 4.98 Å². The average molecular weight is 389 g/mol. The topological polar surface area (TPSA) is 40.2 Å². The fourth-order valence-electron chi connectivity index (χ4n) is 3.58. The van der Waals surface area contributed by atoms with E-state index in [4.69, 9.17) is 12.2 Å². The van der Waals surface area contributed by atoms with Gasteiger partial charge in [0.25, 0.3) is 0 Å². The zero-order valence-corrected chi connectivity index (χ0v) is 16.7. The molecule has 0 bridgehead atoms. The summed E-state index contributed by atoms with van der Waals surface area (Å²) < 4.78 is 0. The minimum absolute atomic E-state index is 0.137. The van der Waals surface area contributed by atoms with Crippen LogP contribution < -0.4 is 15.5 Å². The van der Waals surface area contributed by atoms with Gasteiger partial charge < -0.3 is 15.5 Å². The molecule has 28 heavy (non-hydrogen) atoms. The normalized spacial score (nSPS) is 14.1. The molecule has 2 heterocycles. The zero-order chi connectivity index (χ0) is 19.3. The Morgan fingerprint density at radius 2 is 1.82 bits per heavy atom. The van der Waals surface area contributed by atoms with Crippen LogP contribution in [0.1, 0.15) is 30.5 Å². The molecule has 4 rings (SSSR count). The predicted molar refractivity (Wildman–Crippen MR) is 120 cm³/mol. The maximum Gasteiger partial charge on any atom is 0.171 e. The summed E-state index contributed by atoms with van der Waals surface area (Å²) in [6, 6.07) is 23.0. The van der Waals surface area contributed by atoms with Crippen LogP contribution in [0.2, 0.25) is 0 Å². The lowest BCUT2D eigenvalue weighted by atomic mass is 10.0. The number of fused-ring (bicyclic) bond motifs is 1. The second-order valence-electron chi connectivity index (χ2n) is 7.02. The SMILES string of the molecule is C[C@H](NC(=S)Nc1ccc(N2CCCc3ccccc32)nc1)c1ccccc1. The number of nitrogens with zero attached hydrogens (tertiary/aromatic N) is 2. The molecule has 0 spiro atoms. The van der Waals surface area contributed by atoms with Crippen LogP contribution in [0, 0.1) is 0 Å². The number of aryl methyl sites for hydroxylation is 1. The van der Waals surface area contributed by atoms with Crippen LogP contribution in [-0.4, -0.2) is 16.6 Å². The molecule has 142 valence electrons. The monoisotopic (exact) mass is 388 g/mol. The summed E-state index contributed by atoms with van der Waals surface area (Å²) in [7, 11) is 0. The highest BCUT2D eigenvalue weighted by atomic mass is 32.1. The van der Waals surface area contributed by atoms with Crippen molar-refractivity contribution in [1.29, 1.82) is 0 Å². The second-order valence-corrected chi connectivity index (χ2v) is 7.43. The molecule has 1 aliphatic rings. The molecular weight excluding hydrogens is 364 g/mol. The molecule has 5 heteroatoms.